The molecule has 56 valence electrons. The van der Waals surface area contributed by atoms with Gasteiger partial charge in [-0.15, -0.1) is 17.0 Å². The molecule has 0 radical (unpaired) electrons. The van der Waals surface area contributed by atoms with E-state index in [2.05, 4.69) is 20.9 Å². The molecule has 0 aliphatic heterocycles. The van der Waals surface area contributed by atoms with Crippen molar-refractivity contribution in [1.82, 2.24) is 4.98 Å². The Bertz CT molecular complexity index is 205. The van der Waals surface area contributed by atoms with Gasteiger partial charge in [0.05, 0.1) is 5.69 Å². The summed E-state index contributed by atoms with van der Waals surface area (Å²) in [6.07, 6.45) is 1.69. The van der Waals surface area contributed by atoms with Gasteiger partial charge in [-0.05, 0) is 12.1 Å². The molecule has 0 unspecified atom stereocenters. The second-order valence-corrected chi connectivity index (χ2v) is 2.60. The number of hydrogen-bond donors (Lipinski definition) is 0. The zero-order valence-electron chi connectivity index (χ0n) is 5.05. The number of rotatable bonds is 1. The van der Waals surface area contributed by atoms with Gasteiger partial charge in [-0.2, -0.15) is 0 Å². The molecule has 0 aromatic carbocycles. The number of pyridine rings is 1. The molecule has 0 fully saturated rings. The van der Waals surface area contributed by atoms with Crippen molar-refractivity contribution in [3.8, 4) is 0 Å². The normalized spacial score (nSPS) is 8.60. The van der Waals surface area contributed by atoms with Crippen molar-refractivity contribution >= 4 is 44.5 Å². The molecule has 0 aliphatic rings. The molecule has 1 rings (SSSR count). The molecule has 0 saturated carbocycles. The number of alkyl halides is 1. The van der Waals surface area contributed by atoms with Crippen LogP contribution >= 0.6 is 44.5 Å². The van der Waals surface area contributed by atoms with E-state index < -0.39 is 0 Å². The summed E-state index contributed by atoms with van der Waals surface area (Å²) in [5, 5.41) is 1.49. The van der Waals surface area contributed by atoms with Crippen molar-refractivity contribution in [2.24, 2.45) is 0 Å². The van der Waals surface area contributed by atoms with E-state index in [0.29, 0.717) is 0 Å². The van der Waals surface area contributed by atoms with Gasteiger partial charge in [0, 0.05) is 16.5 Å². The van der Waals surface area contributed by atoms with Crippen LogP contribution in [-0.2, 0) is 5.33 Å². The fourth-order valence-corrected chi connectivity index (χ4v) is 1.01. The molecule has 10 heavy (non-hydrogen) atoms. The van der Waals surface area contributed by atoms with E-state index in [1.165, 1.54) is 0 Å². The average Bonchev–Trinajstić information content (AvgIpc) is 1.88. The lowest BCUT2D eigenvalue weighted by atomic mass is 10.4. The van der Waals surface area contributed by atoms with E-state index >= 15 is 0 Å². The first-order chi connectivity index (χ1) is 4.33. The molecule has 1 nitrogen and oxygen atoms in total. The van der Waals surface area contributed by atoms with Gasteiger partial charge in [0.15, 0.2) is 0 Å². The lowest BCUT2D eigenvalue weighted by molar-refractivity contribution is 1.19. The molecule has 1 aromatic rings. The Morgan fingerprint density at radius 2 is 2.30 bits per heavy atom. The second-order valence-electron chi connectivity index (χ2n) is 1.60. The molecule has 0 N–H and O–H groups in total. The topological polar surface area (TPSA) is 12.9 Å². The lowest BCUT2D eigenvalue weighted by Gasteiger charge is -1.91. The Morgan fingerprint density at radius 1 is 1.60 bits per heavy atom. The van der Waals surface area contributed by atoms with Gasteiger partial charge in [0.25, 0.3) is 0 Å². The van der Waals surface area contributed by atoms with Gasteiger partial charge >= 0.3 is 0 Å². The molecule has 1 aromatic heterocycles. The lowest BCUT2D eigenvalue weighted by Crippen LogP contribution is -1.80. The van der Waals surface area contributed by atoms with Crippen LogP contribution in [0.2, 0.25) is 5.02 Å². The largest absolute Gasteiger partial charge is 0.260 e. The number of nitrogens with zero attached hydrogens (tertiary/aromatic N) is 1. The Labute approximate surface area is 83.7 Å². The predicted octanol–water partition coefficient (Wildman–Crippen LogP) is 3.21. The van der Waals surface area contributed by atoms with Crippen LogP contribution < -0.4 is 0 Å². The van der Waals surface area contributed by atoms with Gasteiger partial charge in [-0.25, -0.2) is 0 Å². The van der Waals surface area contributed by atoms with Gasteiger partial charge < -0.3 is 0 Å². The molecule has 0 bridgehead atoms. The highest BCUT2D eigenvalue weighted by Crippen LogP contribution is 2.09. The van der Waals surface area contributed by atoms with Crippen molar-refractivity contribution in [2.45, 2.75) is 5.33 Å². The maximum absolute atomic E-state index is 5.66. The summed E-state index contributed by atoms with van der Waals surface area (Å²) < 4.78 is 0. The van der Waals surface area contributed by atoms with Crippen LogP contribution in [0.25, 0.3) is 0 Å². The summed E-state index contributed by atoms with van der Waals surface area (Å²) >= 11 is 8.93. The SMILES string of the molecule is Br.Clc1ccnc(CBr)c1. The first-order valence-electron chi connectivity index (χ1n) is 2.49. The Morgan fingerprint density at radius 3 is 2.70 bits per heavy atom. The molecule has 0 spiro atoms. The highest BCUT2D eigenvalue weighted by molar-refractivity contribution is 9.08. The minimum Gasteiger partial charge on any atom is -0.260 e. The van der Waals surface area contributed by atoms with Crippen LogP contribution in [-0.4, -0.2) is 4.98 Å². The zero-order chi connectivity index (χ0) is 6.69. The molecule has 0 atom stereocenters. The van der Waals surface area contributed by atoms with Crippen molar-refractivity contribution in [3.05, 3.63) is 29.0 Å². The second kappa shape index (κ2) is 5.10. The van der Waals surface area contributed by atoms with Gasteiger partial charge in [-0.3, -0.25) is 4.98 Å². The molecule has 1 heterocycles. The zero-order valence-corrected chi connectivity index (χ0v) is 9.11. The number of aromatic nitrogens is 1. The monoisotopic (exact) mass is 285 g/mol. The fraction of sp³-hybridized carbons (Fsp3) is 0.167. The van der Waals surface area contributed by atoms with Crippen LogP contribution in [0, 0.1) is 0 Å². The third-order valence-corrected chi connectivity index (χ3v) is 1.73. The standard InChI is InChI=1S/C6H5BrClN.BrH/c7-4-6-3-5(8)1-2-9-6;/h1-3H,4H2;1H. The van der Waals surface area contributed by atoms with E-state index in [0.717, 1.165) is 16.0 Å². The van der Waals surface area contributed by atoms with Gasteiger partial charge in [-0.1, -0.05) is 27.5 Å². The average molecular weight is 287 g/mol. The van der Waals surface area contributed by atoms with Gasteiger partial charge in [0.1, 0.15) is 0 Å². The third kappa shape index (κ3) is 2.99. The van der Waals surface area contributed by atoms with Crippen molar-refractivity contribution in [3.63, 3.8) is 0 Å². The number of halogens is 3. The smallest absolute Gasteiger partial charge is 0.0523 e. The fourth-order valence-electron chi connectivity index (χ4n) is 0.522. The minimum absolute atomic E-state index is 0. The van der Waals surface area contributed by atoms with E-state index in [9.17, 15) is 0 Å². The van der Waals surface area contributed by atoms with E-state index in [-0.39, 0.29) is 17.0 Å². The minimum atomic E-state index is 0. The molecule has 0 aliphatic carbocycles. The van der Waals surface area contributed by atoms with E-state index in [4.69, 9.17) is 11.6 Å². The summed E-state index contributed by atoms with van der Waals surface area (Å²) in [7, 11) is 0. The molecule has 0 amide bonds. The van der Waals surface area contributed by atoms with Crippen molar-refractivity contribution < 1.29 is 0 Å². The number of hydrogen-bond acceptors (Lipinski definition) is 1. The summed E-state index contributed by atoms with van der Waals surface area (Å²) in [5.74, 6) is 0. The van der Waals surface area contributed by atoms with E-state index in [1.807, 2.05) is 6.07 Å². The summed E-state index contributed by atoms with van der Waals surface area (Å²) in [4.78, 5) is 4.03. The third-order valence-electron chi connectivity index (χ3n) is 0.916. The van der Waals surface area contributed by atoms with Crippen molar-refractivity contribution in [2.75, 3.05) is 0 Å². The van der Waals surface area contributed by atoms with Crippen LogP contribution in [0.4, 0.5) is 0 Å². The maximum atomic E-state index is 5.66. The summed E-state index contributed by atoms with van der Waals surface area (Å²) in [6.45, 7) is 0. The Hall–Kier alpha value is 0.400. The van der Waals surface area contributed by atoms with Gasteiger partial charge in [0.2, 0.25) is 0 Å². The van der Waals surface area contributed by atoms with Crippen LogP contribution in [0.15, 0.2) is 18.3 Å². The predicted molar refractivity (Wildman–Crippen MR) is 52.2 cm³/mol. The first kappa shape index (κ1) is 10.4. The van der Waals surface area contributed by atoms with Crippen LogP contribution in [0.5, 0.6) is 0 Å². The van der Waals surface area contributed by atoms with E-state index in [1.54, 1.807) is 12.3 Å². The highest BCUT2D eigenvalue weighted by atomic mass is 79.9. The summed E-state index contributed by atoms with van der Waals surface area (Å²) in [6, 6.07) is 3.59. The Balaban J connectivity index is 0.000000810. The highest BCUT2D eigenvalue weighted by Gasteiger charge is 1.90. The molecule has 4 heteroatoms. The summed E-state index contributed by atoms with van der Waals surface area (Å²) in [5.41, 5.74) is 0.961. The first-order valence-corrected chi connectivity index (χ1v) is 3.99. The van der Waals surface area contributed by atoms with Crippen LogP contribution in [0.3, 0.4) is 0 Å². The molecule has 0 saturated heterocycles. The molecular formula is C6H6Br2ClN. The quantitative estimate of drug-likeness (QED) is 0.723. The Kier molecular flexibility index (Phi) is 5.31. The van der Waals surface area contributed by atoms with Crippen LogP contribution in [0.1, 0.15) is 5.69 Å². The van der Waals surface area contributed by atoms with Crippen molar-refractivity contribution in [1.29, 1.82) is 0 Å². The molecular weight excluding hydrogens is 281 g/mol. The maximum Gasteiger partial charge on any atom is 0.0523 e.